The molecule has 1 aliphatic heterocycles. The minimum Gasteiger partial charge on any atom is -0.464 e. The van der Waals surface area contributed by atoms with Gasteiger partial charge in [-0.15, -0.1) is 0 Å². The standard InChI is InChI=1S/C22H22ClIN2O3/c1-2-29-22(28)19(25-20-14-16(23)9-10-18(20)24)11-8-15-12-13-26(21(15)27)17-6-4-3-5-7-17/h3-10,14,19,25H,2,11-13H2,1H3/b15-8+/t19-/m0/s1. The summed E-state index contributed by atoms with van der Waals surface area (Å²) in [5.74, 6) is -0.373. The maximum Gasteiger partial charge on any atom is 0.328 e. The molecule has 2 aromatic rings. The molecule has 29 heavy (non-hydrogen) atoms. The van der Waals surface area contributed by atoms with Crippen LogP contribution in [0.1, 0.15) is 19.8 Å². The van der Waals surface area contributed by atoms with Gasteiger partial charge in [-0.2, -0.15) is 0 Å². The summed E-state index contributed by atoms with van der Waals surface area (Å²) in [5.41, 5.74) is 2.36. The molecule has 7 heteroatoms. The summed E-state index contributed by atoms with van der Waals surface area (Å²) >= 11 is 8.28. The predicted molar refractivity (Wildman–Crippen MR) is 124 cm³/mol. The van der Waals surface area contributed by atoms with Crippen LogP contribution in [0.2, 0.25) is 5.02 Å². The fourth-order valence-electron chi connectivity index (χ4n) is 3.17. The van der Waals surface area contributed by atoms with E-state index in [9.17, 15) is 9.59 Å². The monoisotopic (exact) mass is 524 g/mol. The predicted octanol–water partition coefficient (Wildman–Crippen LogP) is 5.04. The minimum absolute atomic E-state index is 0.0175. The maximum absolute atomic E-state index is 12.8. The van der Waals surface area contributed by atoms with Crippen molar-refractivity contribution in [2.75, 3.05) is 23.4 Å². The minimum atomic E-state index is -0.604. The van der Waals surface area contributed by atoms with Gasteiger partial charge in [0.05, 0.1) is 6.61 Å². The molecule has 0 spiro atoms. The van der Waals surface area contributed by atoms with Crippen molar-refractivity contribution in [3.8, 4) is 0 Å². The second-order valence-electron chi connectivity index (χ2n) is 6.58. The zero-order valence-corrected chi connectivity index (χ0v) is 18.9. The van der Waals surface area contributed by atoms with E-state index in [0.29, 0.717) is 36.6 Å². The lowest BCUT2D eigenvalue weighted by atomic mass is 10.1. The molecule has 1 heterocycles. The highest BCUT2D eigenvalue weighted by atomic mass is 127. The summed E-state index contributed by atoms with van der Waals surface area (Å²) < 4.78 is 6.16. The Bertz CT molecular complexity index is 918. The zero-order valence-electron chi connectivity index (χ0n) is 16.0. The third kappa shape index (κ3) is 5.51. The van der Waals surface area contributed by atoms with Crippen molar-refractivity contribution < 1.29 is 14.3 Å². The molecule has 0 saturated carbocycles. The molecule has 152 valence electrons. The number of anilines is 2. The Morgan fingerprint density at radius 3 is 2.79 bits per heavy atom. The lowest BCUT2D eigenvalue weighted by molar-refractivity contribution is -0.144. The second kappa shape index (κ2) is 10.1. The van der Waals surface area contributed by atoms with Crippen LogP contribution < -0.4 is 10.2 Å². The van der Waals surface area contributed by atoms with Crippen LogP contribution in [0.25, 0.3) is 0 Å². The first-order valence-electron chi connectivity index (χ1n) is 9.43. The Labute approximate surface area is 189 Å². The van der Waals surface area contributed by atoms with Gasteiger partial charge in [-0.25, -0.2) is 4.79 Å². The molecule has 5 nitrogen and oxygen atoms in total. The molecule has 3 rings (SSSR count). The summed E-state index contributed by atoms with van der Waals surface area (Å²) in [4.78, 5) is 27.0. The largest absolute Gasteiger partial charge is 0.464 e. The molecule has 0 bridgehead atoms. The molecule has 0 radical (unpaired) electrons. The van der Waals surface area contributed by atoms with Crippen molar-refractivity contribution in [2.45, 2.75) is 25.8 Å². The molecule has 0 aromatic heterocycles. The van der Waals surface area contributed by atoms with Crippen LogP contribution >= 0.6 is 34.2 Å². The number of ether oxygens (including phenoxy) is 1. The van der Waals surface area contributed by atoms with Crippen molar-refractivity contribution in [3.63, 3.8) is 0 Å². The number of nitrogens with zero attached hydrogens (tertiary/aromatic N) is 1. The topological polar surface area (TPSA) is 58.6 Å². The van der Waals surface area contributed by atoms with E-state index in [0.717, 1.165) is 14.9 Å². The van der Waals surface area contributed by atoms with Gasteiger partial charge in [0.1, 0.15) is 6.04 Å². The van der Waals surface area contributed by atoms with E-state index < -0.39 is 6.04 Å². The number of rotatable bonds is 7. The average Bonchev–Trinajstić information content (AvgIpc) is 3.09. The van der Waals surface area contributed by atoms with Gasteiger partial charge >= 0.3 is 5.97 Å². The molecule has 1 amide bonds. The lowest BCUT2D eigenvalue weighted by Crippen LogP contribution is -2.31. The van der Waals surface area contributed by atoms with Gasteiger partial charge in [0, 0.05) is 32.1 Å². The molecule has 1 fully saturated rings. The molecule has 2 aromatic carbocycles. The number of hydrogen-bond acceptors (Lipinski definition) is 4. The summed E-state index contributed by atoms with van der Waals surface area (Å²) in [6, 6.07) is 14.4. The van der Waals surface area contributed by atoms with Gasteiger partial charge in [0.25, 0.3) is 5.91 Å². The van der Waals surface area contributed by atoms with E-state index in [1.165, 1.54) is 0 Å². The van der Waals surface area contributed by atoms with Gasteiger partial charge in [0.2, 0.25) is 0 Å². The smallest absolute Gasteiger partial charge is 0.328 e. The Balaban J connectivity index is 1.75. The second-order valence-corrected chi connectivity index (χ2v) is 8.18. The molecule has 1 aliphatic rings. The van der Waals surface area contributed by atoms with Crippen molar-refractivity contribution in [2.24, 2.45) is 0 Å². The number of esters is 1. The Kier molecular flexibility index (Phi) is 7.55. The Hall–Kier alpha value is -2.06. The molecule has 1 N–H and O–H groups in total. The third-order valence-corrected chi connectivity index (χ3v) is 5.80. The quantitative estimate of drug-likeness (QED) is 0.313. The summed E-state index contributed by atoms with van der Waals surface area (Å²) in [5, 5.41) is 3.80. The van der Waals surface area contributed by atoms with Crippen molar-refractivity contribution in [1.29, 1.82) is 0 Å². The van der Waals surface area contributed by atoms with Crippen LogP contribution in [0, 0.1) is 3.57 Å². The number of hydrogen-bond donors (Lipinski definition) is 1. The average molecular weight is 525 g/mol. The van der Waals surface area contributed by atoms with Gasteiger partial charge in [0.15, 0.2) is 0 Å². The number of benzene rings is 2. The fourth-order valence-corrected chi connectivity index (χ4v) is 3.83. The molecule has 1 saturated heterocycles. The molecule has 0 unspecified atom stereocenters. The molecular weight excluding hydrogens is 503 g/mol. The summed E-state index contributed by atoms with van der Waals surface area (Å²) in [7, 11) is 0. The van der Waals surface area contributed by atoms with E-state index >= 15 is 0 Å². The Morgan fingerprint density at radius 1 is 1.31 bits per heavy atom. The van der Waals surface area contributed by atoms with E-state index in [1.807, 2.05) is 42.5 Å². The summed E-state index contributed by atoms with van der Waals surface area (Å²) in [6.07, 6.45) is 2.85. The van der Waals surface area contributed by atoms with Gasteiger partial charge in [-0.3, -0.25) is 4.79 Å². The number of nitrogens with one attached hydrogen (secondary N) is 1. The third-order valence-electron chi connectivity index (χ3n) is 4.62. The van der Waals surface area contributed by atoms with E-state index in [1.54, 1.807) is 24.0 Å². The molecule has 0 aliphatic carbocycles. The SMILES string of the molecule is CCOC(=O)[C@H](C/C=C1\CCN(c2ccccc2)C1=O)Nc1cc(Cl)ccc1I. The van der Waals surface area contributed by atoms with E-state index in [4.69, 9.17) is 16.3 Å². The highest BCUT2D eigenvalue weighted by Gasteiger charge is 2.28. The number of carbonyl (C=O) groups is 2. The van der Waals surface area contributed by atoms with Crippen molar-refractivity contribution in [3.05, 3.63) is 68.8 Å². The van der Waals surface area contributed by atoms with Crippen LogP contribution in [0.5, 0.6) is 0 Å². The van der Waals surface area contributed by atoms with Crippen LogP contribution in [-0.2, 0) is 14.3 Å². The normalized spacial score (nSPS) is 16.2. The molecular formula is C22H22ClIN2O3. The van der Waals surface area contributed by atoms with Gasteiger partial charge < -0.3 is 15.0 Å². The number of para-hydroxylation sites is 1. The first-order valence-corrected chi connectivity index (χ1v) is 10.9. The van der Waals surface area contributed by atoms with Crippen molar-refractivity contribution in [1.82, 2.24) is 0 Å². The van der Waals surface area contributed by atoms with Gasteiger partial charge in [-0.05, 0) is 72.7 Å². The summed E-state index contributed by atoms with van der Waals surface area (Å²) in [6.45, 7) is 2.70. The van der Waals surface area contributed by atoms with E-state index in [-0.39, 0.29) is 11.9 Å². The van der Waals surface area contributed by atoms with Crippen LogP contribution in [0.15, 0.2) is 60.2 Å². The van der Waals surface area contributed by atoms with Crippen LogP contribution in [0.4, 0.5) is 11.4 Å². The molecule has 1 atom stereocenters. The van der Waals surface area contributed by atoms with Gasteiger partial charge in [-0.1, -0.05) is 35.9 Å². The van der Waals surface area contributed by atoms with Crippen LogP contribution in [-0.4, -0.2) is 31.1 Å². The first kappa shape index (κ1) is 21.6. The Morgan fingerprint density at radius 2 is 2.07 bits per heavy atom. The van der Waals surface area contributed by atoms with Crippen LogP contribution in [0.3, 0.4) is 0 Å². The zero-order chi connectivity index (χ0) is 20.8. The lowest BCUT2D eigenvalue weighted by Gasteiger charge is -2.18. The highest BCUT2D eigenvalue weighted by molar-refractivity contribution is 14.1. The highest BCUT2D eigenvalue weighted by Crippen LogP contribution is 2.27. The first-order chi connectivity index (χ1) is 14.0. The number of carbonyl (C=O) groups excluding carboxylic acids is 2. The van der Waals surface area contributed by atoms with Crippen molar-refractivity contribution >= 4 is 57.4 Å². The number of halogens is 2. The maximum atomic E-state index is 12.8. The fraction of sp³-hybridized carbons (Fsp3) is 0.273. The van der Waals surface area contributed by atoms with E-state index in [2.05, 4.69) is 27.9 Å². The number of amides is 1.